The fourth-order valence-corrected chi connectivity index (χ4v) is 0.654. The van der Waals surface area contributed by atoms with Crippen molar-refractivity contribution >= 4 is 14.5 Å². The summed E-state index contributed by atoms with van der Waals surface area (Å²) in [6, 6.07) is 0. The summed E-state index contributed by atoms with van der Waals surface area (Å²) in [4.78, 5) is 24.1. The number of aldehydes is 1. The predicted octanol–water partition coefficient (Wildman–Crippen LogP) is 1.52. The molecule has 0 aliphatic carbocycles. The molecule has 0 unspecified atom stereocenters. The van der Waals surface area contributed by atoms with Gasteiger partial charge in [-0.15, -0.1) is 0 Å². The molecule has 5 heteroatoms. The van der Waals surface area contributed by atoms with Crippen LogP contribution >= 0.6 is 8.25 Å². The highest BCUT2D eigenvalue weighted by atomic mass is 31.1. The van der Waals surface area contributed by atoms with Gasteiger partial charge < -0.3 is 14.6 Å². The lowest BCUT2D eigenvalue weighted by molar-refractivity contribution is -0.107. The van der Waals surface area contributed by atoms with Crippen molar-refractivity contribution < 1.29 is 19.1 Å². The number of carbonyl (C=O) groups excluding carboxylic acids is 1. The highest BCUT2D eigenvalue weighted by Gasteiger charge is 1.83. The van der Waals surface area contributed by atoms with Gasteiger partial charge in [0.05, 0.1) is 0 Å². The van der Waals surface area contributed by atoms with Crippen LogP contribution in [-0.2, 0) is 9.36 Å². The lowest BCUT2D eigenvalue weighted by Gasteiger charge is -1.90. The third kappa shape index (κ3) is 32.9. The Balaban J connectivity index is 0. The lowest BCUT2D eigenvalue weighted by atomic mass is 10.2. The summed E-state index contributed by atoms with van der Waals surface area (Å²) in [6.07, 6.45) is 6.56. The van der Waals surface area contributed by atoms with E-state index in [0.29, 0.717) is 0 Å². The minimum absolute atomic E-state index is 0.750. The quantitative estimate of drug-likeness (QED) is 0.397. The van der Waals surface area contributed by atoms with E-state index in [2.05, 4.69) is 6.92 Å². The standard InChI is InChI=1S/C7H14O.H3O3P/c1-2-3-4-5-6-7-8;1-4(2)3/h7H,2-6H2,1H3;4H,(H2,1,2,3). The molecule has 0 saturated heterocycles. The number of carbonyl (C=O) groups is 1. The van der Waals surface area contributed by atoms with Crippen LogP contribution in [0.15, 0.2) is 0 Å². The van der Waals surface area contributed by atoms with Gasteiger partial charge in [0.15, 0.2) is 0 Å². The molecule has 0 spiro atoms. The van der Waals surface area contributed by atoms with Gasteiger partial charge in [-0.25, -0.2) is 0 Å². The van der Waals surface area contributed by atoms with E-state index in [4.69, 9.17) is 14.4 Å². The number of unbranched alkanes of at least 4 members (excludes halogenated alkanes) is 4. The van der Waals surface area contributed by atoms with E-state index >= 15 is 0 Å². The van der Waals surface area contributed by atoms with E-state index < -0.39 is 8.25 Å². The van der Waals surface area contributed by atoms with Gasteiger partial charge in [0, 0.05) is 6.42 Å². The first-order valence-corrected chi connectivity index (χ1v) is 5.31. The second-order valence-electron chi connectivity index (χ2n) is 2.30. The number of hydrogen-bond acceptors (Lipinski definition) is 2. The normalized spacial score (nSPS) is 9.00. The van der Waals surface area contributed by atoms with Crippen LogP contribution in [0.3, 0.4) is 0 Å². The zero-order valence-corrected chi connectivity index (χ0v) is 8.32. The SMILES string of the molecule is CCCCCCC=O.O=[PH](O)O. The number of hydrogen-bond donors (Lipinski definition) is 2. The van der Waals surface area contributed by atoms with Crippen LogP contribution in [0.2, 0.25) is 0 Å². The Kier molecular flexibility index (Phi) is 16.0. The molecule has 0 bridgehead atoms. The van der Waals surface area contributed by atoms with Crippen LogP contribution in [0.1, 0.15) is 39.0 Å². The van der Waals surface area contributed by atoms with Crippen molar-refractivity contribution in [1.29, 1.82) is 0 Å². The molecule has 0 aromatic carbocycles. The fourth-order valence-electron chi connectivity index (χ4n) is 0.654. The zero-order valence-electron chi connectivity index (χ0n) is 7.32. The van der Waals surface area contributed by atoms with Crippen LogP contribution in [0.5, 0.6) is 0 Å². The van der Waals surface area contributed by atoms with Gasteiger partial charge in [-0.2, -0.15) is 0 Å². The Labute approximate surface area is 73.6 Å². The molecule has 2 N–H and O–H groups in total. The topological polar surface area (TPSA) is 74.6 Å². The van der Waals surface area contributed by atoms with Crippen molar-refractivity contribution in [1.82, 2.24) is 0 Å². The molecule has 0 aromatic rings. The van der Waals surface area contributed by atoms with Crippen molar-refractivity contribution in [2.75, 3.05) is 0 Å². The van der Waals surface area contributed by atoms with Crippen molar-refractivity contribution in [2.45, 2.75) is 39.0 Å². The molecule has 0 aliphatic rings. The summed E-state index contributed by atoms with van der Waals surface area (Å²) >= 11 is 0. The maximum atomic E-state index is 9.77. The smallest absolute Gasteiger partial charge is 0.314 e. The summed E-state index contributed by atoms with van der Waals surface area (Å²) in [5, 5.41) is 0. The predicted molar refractivity (Wildman–Crippen MR) is 48.3 cm³/mol. The lowest BCUT2D eigenvalue weighted by Crippen LogP contribution is -1.76. The van der Waals surface area contributed by atoms with Gasteiger partial charge in [0.25, 0.3) is 0 Å². The van der Waals surface area contributed by atoms with E-state index in [1.807, 2.05) is 0 Å². The minimum Gasteiger partial charge on any atom is -0.326 e. The second-order valence-corrected chi connectivity index (χ2v) is 2.86. The number of rotatable bonds is 5. The molecule has 0 atom stereocenters. The Bertz CT molecular complexity index is 112. The second kappa shape index (κ2) is 13.4. The molecule has 0 saturated carbocycles. The first kappa shape index (κ1) is 14.3. The molecule has 0 rings (SSSR count). The van der Waals surface area contributed by atoms with E-state index in [1.54, 1.807) is 0 Å². The average molecular weight is 196 g/mol. The Morgan fingerprint density at radius 2 is 1.75 bits per heavy atom. The minimum atomic E-state index is -3.13. The molecule has 74 valence electrons. The van der Waals surface area contributed by atoms with Crippen molar-refractivity contribution in [3.63, 3.8) is 0 Å². The van der Waals surface area contributed by atoms with Gasteiger partial charge in [-0.1, -0.05) is 26.2 Å². The van der Waals surface area contributed by atoms with E-state index in [0.717, 1.165) is 19.1 Å². The van der Waals surface area contributed by atoms with Gasteiger partial charge >= 0.3 is 8.25 Å². The fraction of sp³-hybridized carbons (Fsp3) is 0.857. The monoisotopic (exact) mass is 196 g/mol. The molecular formula is C7H17O4P. The first-order chi connectivity index (χ1) is 5.65. The van der Waals surface area contributed by atoms with Crippen molar-refractivity contribution in [3.8, 4) is 0 Å². The van der Waals surface area contributed by atoms with Gasteiger partial charge in [0.2, 0.25) is 0 Å². The van der Waals surface area contributed by atoms with Crippen LogP contribution < -0.4 is 0 Å². The molecule has 0 amide bonds. The molecule has 0 aliphatic heterocycles. The Hall–Kier alpha value is -0.180. The van der Waals surface area contributed by atoms with E-state index in [-0.39, 0.29) is 0 Å². The molecular weight excluding hydrogens is 179 g/mol. The molecule has 12 heavy (non-hydrogen) atoms. The van der Waals surface area contributed by atoms with Crippen molar-refractivity contribution in [2.24, 2.45) is 0 Å². The average Bonchev–Trinajstić information content (AvgIpc) is 1.97. The van der Waals surface area contributed by atoms with Crippen molar-refractivity contribution in [3.05, 3.63) is 0 Å². The third-order valence-corrected chi connectivity index (χ3v) is 1.18. The Morgan fingerprint density at radius 1 is 1.25 bits per heavy atom. The third-order valence-electron chi connectivity index (χ3n) is 1.18. The molecule has 0 fully saturated rings. The van der Waals surface area contributed by atoms with Gasteiger partial charge in [-0.05, 0) is 6.42 Å². The Morgan fingerprint density at radius 3 is 2.08 bits per heavy atom. The summed E-state index contributed by atoms with van der Waals surface area (Å²) in [5.41, 5.74) is 0. The zero-order chi connectivity index (χ0) is 9.82. The first-order valence-electron chi connectivity index (χ1n) is 4.00. The summed E-state index contributed by atoms with van der Waals surface area (Å²) in [7, 11) is -3.13. The summed E-state index contributed by atoms with van der Waals surface area (Å²) < 4.78 is 8.74. The molecule has 0 heterocycles. The van der Waals surface area contributed by atoms with Crippen LogP contribution in [0, 0.1) is 0 Å². The maximum Gasteiger partial charge on any atom is 0.314 e. The maximum absolute atomic E-state index is 9.77. The van der Waals surface area contributed by atoms with E-state index in [9.17, 15) is 4.79 Å². The van der Waals surface area contributed by atoms with Crippen LogP contribution in [0.4, 0.5) is 0 Å². The van der Waals surface area contributed by atoms with E-state index in [1.165, 1.54) is 19.3 Å². The van der Waals surface area contributed by atoms with Gasteiger partial charge in [-0.3, -0.25) is 4.57 Å². The molecule has 0 aromatic heterocycles. The van der Waals surface area contributed by atoms with Gasteiger partial charge in [0.1, 0.15) is 6.29 Å². The van der Waals surface area contributed by atoms with Crippen LogP contribution in [0.25, 0.3) is 0 Å². The summed E-state index contributed by atoms with van der Waals surface area (Å²) in [5.74, 6) is 0. The highest BCUT2D eigenvalue weighted by Crippen LogP contribution is 1.99. The van der Waals surface area contributed by atoms with Crippen LogP contribution in [-0.4, -0.2) is 16.1 Å². The molecule has 4 nitrogen and oxygen atoms in total. The summed E-state index contributed by atoms with van der Waals surface area (Å²) in [6.45, 7) is 2.17. The highest BCUT2D eigenvalue weighted by molar-refractivity contribution is 7.30. The largest absolute Gasteiger partial charge is 0.326 e. The molecule has 0 radical (unpaired) electrons.